The highest BCUT2D eigenvalue weighted by molar-refractivity contribution is 5.76. The van der Waals surface area contributed by atoms with Crippen LogP contribution in [0.3, 0.4) is 0 Å². The van der Waals surface area contributed by atoms with Gasteiger partial charge in [-0.1, -0.05) is 18.2 Å². The van der Waals surface area contributed by atoms with Gasteiger partial charge in [0.15, 0.2) is 0 Å². The average Bonchev–Trinajstić information content (AvgIpc) is 2.45. The van der Waals surface area contributed by atoms with Crippen LogP contribution in [0.15, 0.2) is 33.9 Å². The van der Waals surface area contributed by atoms with Crippen molar-refractivity contribution in [3.63, 3.8) is 0 Å². The van der Waals surface area contributed by atoms with Crippen molar-refractivity contribution in [2.75, 3.05) is 7.05 Å². The van der Waals surface area contributed by atoms with E-state index in [-0.39, 0.29) is 5.56 Å². The Kier molecular flexibility index (Phi) is 3.88. The summed E-state index contributed by atoms with van der Waals surface area (Å²) in [4.78, 5) is 36.8. The number of likely N-dealkylation sites (N-methyl/N-ethyl adjacent to an activating group) is 1. The Morgan fingerprint density at radius 1 is 1.38 bits per heavy atom. The Morgan fingerprint density at radius 2 is 2.05 bits per heavy atom. The highest BCUT2D eigenvalue weighted by Crippen LogP contribution is 2.26. The number of H-pyrrole nitrogens is 1. The van der Waals surface area contributed by atoms with E-state index in [1.807, 2.05) is 4.98 Å². The molecule has 0 radical (unpaired) electrons. The number of amides is 1. The molecule has 1 amide bonds. The zero-order valence-electron chi connectivity index (χ0n) is 11.0. The molecule has 0 unspecified atom stereocenters. The predicted octanol–water partition coefficient (Wildman–Crippen LogP) is -0.206. The quantitative estimate of drug-likeness (QED) is 0.728. The number of nitrogens with one attached hydrogen (secondary N) is 2. The second-order valence-electron chi connectivity index (χ2n) is 4.20. The van der Waals surface area contributed by atoms with Crippen LogP contribution in [0.5, 0.6) is 5.88 Å². The third-order valence-corrected chi connectivity index (χ3v) is 2.90. The zero-order chi connectivity index (χ0) is 15.6. The van der Waals surface area contributed by atoms with E-state index < -0.39 is 41.0 Å². The van der Waals surface area contributed by atoms with Gasteiger partial charge in [0, 0.05) is 12.6 Å². The molecule has 0 fully saturated rings. The maximum Gasteiger partial charge on any atom is 0.331 e. The van der Waals surface area contributed by atoms with Crippen molar-refractivity contribution in [3.05, 3.63) is 50.9 Å². The summed E-state index contributed by atoms with van der Waals surface area (Å²) in [5.74, 6) is -2.06. The minimum Gasteiger partial charge on any atom is -0.494 e. The lowest BCUT2D eigenvalue weighted by molar-refractivity contribution is -0.121. The van der Waals surface area contributed by atoms with Crippen molar-refractivity contribution < 1.29 is 14.3 Å². The summed E-state index contributed by atoms with van der Waals surface area (Å²) in [6, 6.07) is 5.30. The molecule has 0 aliphatic heterocycles. The monoisotopic (exact) mass is 293 g/mol. The molecule has 0 saturated carbocycles. The number of aromatic amines is 1. The molecule has 2 aromatic rings. The van der Waals surface area contributed by atoms with E-state index in [0.717, 1.165) is 6.07 Å². The van der Waals surface area contributed by atoms with Crippen molar-refractivity contribution in [3.8, 4) is 17.0 Å². The van der Waals surface area contributed by atoms with Gasteiger partial charge < -0.3 is 10.4 Å². The first-order chi connectivity index (χ1) is 9.95. The number of halogens is 1. The summed E-state index contributed by atoms with van der Waals surface area (Å²) in [5.41, 5.74) is -2.46. The van der Waals surface area contributed by atoms with Gasteiger partial charge in [-0.15, -0.1) is 0 Å². The van der Waals surface area contributed by atoms with Crippen molar-refractivity contribution in [2.45, 2.75) is 6.54 Å². The van der Waals surface area contributed by atoms with Gasteiger partial charge in [0.25, 0.3) is 5.56 Å². The van der Waals surface area contributed by atoms with Crippen molar-refractivity contribution in [1.82, 2.24) is 14.9 Å². The second kappa shape index (κ2) is 5.61. The molecule has 2 rings (SSSR count). The molecule has 0 saturated heterocycles. The van der Waals surface area contributed by atoms with E-state index in [1.165, 1.54) is 25.2 Å². The van der Waals surface area contributed by atoms with Crippen molar-refractivity contribution >= 4 is 5.91 Å². The van der Waals surface area contributed by atoms with Gasteiger partial charge in [0.2, 0.25) is 11.8 Å². The summed E-state index contributed by atoms with van der Waals surface area (Å²) in [5, 5.41) is 12.3. The summed E-state index contributed by atoms with van der Waals surface area (Å²) in [7, 11) is 1.36. The van der Waals surface area contributed by atoms with Crippen LogP contribution in [-0.2, 0) is 11.3 Å². The number of nitrogens with zero attached hydrogens (tertiary/aromatic N) is 1. The van der Waals surface area contributed by atoms with Gasteiger partial charge in [0.1, 0.15) is 17.9 Å². The minimum atomic E-state index is -0.957. The summed E-state index contributed by atoms with van der Waals surface area (Å²) in [6.45, 7) is -0.501. The molecule has 1 aromatic heterocycles. The van der Waals surface area contributed by atoms with E-state index in [0.29, 0.717) is 4.57 Å². The fraction of sp³-hybridized carbons (Fsp3) is 0.154. The first-order valence-corrected chi connectivity index (χ1v) is 5.97. The number of rotatable bonds is 3. The lowest BCUT2D eigenvalue weighted by Crippen LogP contribution is -2.35. The molecule has 0 bridgehead atoms. The van der Waals surface area contributed by atoms with Crippen LogP contribution < -0.4 is 16.6 Å². The second-order valence-corrected chi connectivity index (χ2v) is 4.20. The number of hydrogen-bond acceptors (Lipinski definition) is 4. The largest absolute Gasteiger partial charge is 0.494 e. The fourth-order valence-corrected chi connectivity index (χ4v) is 1.84. The third kappa shape index (κ3) is 2.69. The lowest BCUT2D eigenvalue weighted by atomic mass is 10.1. The molecule has 0 aliphatic carbocycles. The van der Waals surface area contributed by atoms with Crippen LogP contribution in [0.25, 0.3) is 11.1 Å². The Balaban J connectivity index is 2.71. The van der Waals surface area contributed by atoms with Gasteiger partial charge in [-0.25, -0.2) is 9.18 Å². The molecular weight excluding hydrogens is 281 g/mol. The normalized spacial score (nSPS) is 10.4. The molecule has 1 heterocycles. The molecule has 110 valence electrons. The minimum absolute atomic E-state index is 0.165. The third-order valence-electron chi connectivity index (χ3n) is 2.90. The molecule has 7 nitrogen and oxygen atoms in total. The summed E-state index contributed by atoms with van der Waals surface area (Å²) in [6.07, 6.45) is 0. The van der Waals surface area contributed by atoms with Gasteiger partial charge in [0.05, 0.1) is 0 Å². The highest BCUT2D eigenvalue weighted by Gasteiger charge is 2.19. The van der Waals surface area contributed by atoms with Gasteiger partial charge in [-0.2, -0.15) is 0 Å². The maximum absolute atomic E-state index is 13.8. The SMILES string of the molecule is CNC(=O)Cn1c(O)c(-c2ccccc2F)c(=O)[nH]c1=O. The number of carbonyl (C=O) groups excluding carboxylic acids is 1. The van der Waals surface area contributed by atoms with E-state index in [9.17, 15) is 23.9 Å². The Morgan fingerprint density at radius 3 is 2.67 bits per heavy atom. The first kappa shape index (κ1) is 14.5. The smallest absolute Gasteiger partial charge is 0.331 e. The molecule has 0 spiro atoms. The van der Waals surface area contributed by atoms with E-state index in [4.69, 9.17) is 0 Å². The van der Waals surface area contributed by atoms with Crippen LogP contribution in [0, 0.1) is 5.82 Å². The van der Waals surface area contributed by atoms with Gasteiger partial charge >= 0.3 is 5.69 Å². The first-order valence-electron chi connectivity index (χ1n) is 5.97. The standard InChI is InChI=1S/C13H12FN3O4/c1-15-9(18)6-17-12(20)10(11(19)16-13(17)21)7-4-2-3-5-8(7)14/h2-5,20H,6H2,1H3,(H,15,18)(H,16,19,21). The Labute approximate surface area is 117 Å². The highest BCUT2D eigenvalue weighted by atomic mass is 19.1. The molecule has 1 aromatic carbocycles. The van der Waals surface area contributed by atoms with Crippen molar-refractivity contribution in [1.29, 1.82) is 0 Å². The van der Waals surface area contributed by atoms with E-state index >= 15 is 0 Å². The molecular formula is C13H12FN3O4. The summed E-state index contributed by atoms with van der Waals surface area (Å²) >= 11 is 0. The lowest BCUT2D eigenvalue weighted by Gasteiger charge is -2.11. The van der Waals surface area contributed by atoms with E-state index in [2.05, 4.69) is 5.32 Å². The predicted molar refractivity (Wildman–Crippen MR) is 72.4 cm³/mol. The molecule has 21 heavy (non-hydrogen) atoms. The van der Waals surface area contributed by atoms with Gasteiger partial charge in [-0.3, -0.25) is 19.1 Å². The maximum atomic E-state index is 13.8. The number of carbonyl (C=O) groups is 1. The molecule has 8 heteroatoms. The Hall–Kier alpha value is -2.90. The van der Waals surface area contributed by atoms with Crippen LogP contribution in [0.1, 0.15) is 0 Å². The van der Waals surface area contributed by atoms with Crippen LogP contribution in [-0.4, -0.2) is 27.6 Å². The van der Waals surface area contributed by atoms with Crippen molar-refractivity contribution in [2.24, 2.45) is 0 Å². The number of hydrogen-bond donors (Lipinski definition) is 3. The van der Waals surface area contributed by atoms with Gasteiger partial charge in [-0.05, 0) is 6.07 Å². The van der Waals surface area contributed by atoms with Crippen LogP contribution in [0.2, 0.25) is 0 Å². The van der Waals surface area contributed by atoms with Crippen LogP contribution in [0.4, 0.5) is 4.39 Å². The topological polar surface area (TPSA) is 104 Å². The zero-order valence-corrected chi connectivity index (χ0v) is 11.0. The fourth-order valence-electron chi connectivity index (χ4n) is 1.84. The molecule has 0 atom stereocenters. The van der Waals surface area contributed by atoms with Crippen LogP contribution >= 0.6 is 0 Å². The number of aromatic nitrogens is 2. The molecule has 0 aliphatic rings. The average molecular weight is 293 g/mol. The van der Waals surface area contributed by atoms with E-state index in [1.54, 1.807) is 0 Å². The number of benzene rings is 1. The number of aromatic hydroxyl groups is 1. The summed E-state index contributed by atoms with van der Waals surface area (Å²) < 4.78 is 14.4. The Bertz CT molecular complexity index is 810. The molecule has 3 N–H and O–H groups in total.